The average Bonchev–Trinajstić information content (AvgIpc) is 2.65. The summed E-state index contributed by atoms with van der Waals surface area (Å²) in [6.07, 6.45) is 3.45. The number of nitrogens with zero attached hydrogens (tertiary/aromatic N) is 1. The largest absolute Gasteiger partial charge is 0.380 e. The SMILES string of the molecule is CCC(C)(C=O)CN1CCC(OC)C1. The highest BCUT2D eigenvalue weighted by Gasteiger charge is 2.29. The molecule has 1 fully saturated rings. The monoisotopic (exact) mass is 199 g/mol. The zero-order valence-electron chi connectivity index (χ0n) is 9.45. The smallest absolute Gasteiger partial charge is 0.127 e. The van der Waals surface area contributed by atoms with Crippen LogP contribution in [0.1, 0.15) is 26.7 Å². The third-order valence-corrected chi connectivity index (χ3v) is 3.24. The van der Waals surface area contributed by atoms with Gasteiger partial charge in [0.05, 0.1) is 6.10 Å². The minimum atomic E-state index is -0.178. The molecule has 2 atom stereocenters. The Morgan fingerprint density at radius 2 is 2.36 bits per heavy atom. The van der Waals surface area contributed by atoms with E-state index in [0.29, 0.717) is 6.10 Å². The van der Waals surface area contributed by atoms with E-state index in [0.717, 1.165) is 38.8 Å². The fourth-order valence-electron chi connectivity index (χ4n) is 1.88. The van der Waals surface area contributed by atoms with E-state index < -0.39 is 0 Å². The zero-order chi connectivity index (χ0) is 10.6. The summed E-state index contributed by atoms with van der Waals surface area (Å²) in [4.78, 5) is 13.3. The first-order valence-corrected chi connectivity index (χ1v) is 5.35. The van der Waals surface area contributed by atoms with Gasteiger partial charge < -0.3 is 9.53 Å². The van der Waals surface area contributed by atoms with Gasteiger partial charge in [0.1, 0.15) is 6.29 Å². The summed E-state index contributed by atoms with van der Waals surface area (Å²) in [5, 5.41) is 0. The van der Waals surface area contributed by atoms with E-state index >= 15 is 0 Å². The first kappa shape index (κ1) is 11.7. The van der Waals surface area contributed by atoms with Gasteiger partial charge in [-0.2, -0.15) is 0 Å². The highest BCUT2D eigenvalue weighted by Crippen LogP contribution is 2.22. The minimum Gasteiger partial charge on any atom is -0.380 e. The highest BCUT2D eigenvalue weighted by molar-refractivity contribution is 5.58. The zero-order valence-corrected chi connectivity index (χ0v) is 9.45. The summed E-state index contributed by atoms with van der Waals surface area (Å²) in [6, 6.07) is 0. The molecule has 82 valence electrons. The molecule has 0 aliphatic carbocycles. The van der Waals surface area contributed by atoms with E-state index in [1.54, 1.807) is 7.11 Å². The molecule has 1 aliphatic rings. The predicted molar refractivity (Wildman–Crippen MR) is 56.3 cm³/mol. The van der Waals surface area contributed by atoms with Crippen molar-refractivity contribution in [1.29, 1.82) is 0 Å². The van der Waals surface area contributed by atoms with Crippen molar-refractivity contribution >= 4 is 6.29 Å². The lowest BCUT2D eigenvalue weighted by Gasteiger charge is -2.27. The Bertz CT molecular complexity index is 196. The molecule has 0 saturated carbocycles. The van der Waals surface area contributed by atoms with Gasteiger partial charge in [0.25, 0.3) is 0 Å². The van der Waals surface area contributed by atoms with Gasteiger partial charge in [0, 0.05) is 32.2 Å². The van der Waals surface area contributed by atoms with Crippen molar-refractivity contribution in [3.63, 3.8) is 0 Å². The second-order valence-electron chi connectivity index (χ2n) is 4.51. The number of carbonyl (C=O) groups excluding carboxylic acids is 1. The summed E-state index contributed by atoms with van der Waals surface area (Å²) in [5.74, 6) is 0. The molecule has 3 nitrogen and oxygen atoms in total. The van der Waals surface area contributed by atoms with Crippen molar-refractivity contribution in [3.8, 4) is 0 Å². The number of hydrogen-bond donors (Lipinski definition) is 0. The maximum Gasteiger partial charge on any atom is 0.127 e. The maximum absolute atomic E-state index is 10.9. The Kier molecular flexibility index (Phi) is 4.08. The van der Waals surface area contributed by atoms with Crippen LogP contribution in [0.5, 0.6) is 0 Å². The van der Waals surface area contributed by atoms with Crippen LogP contribution in [-0.2, 0) is 9.53 Å². The van der Waals surface area contributed by atoms with Gasteiger partial charge in [-0.25, -0.2) is 0 Å². The van der Waals surface area contributed by atoms with Gasteiger partial charge in [-0.1, -0.05) is 13.8 Å². The molecule has 0 aromatic rings. The molecule has 0 N–H and O–H groups in total. The molecular weight excluding hydrogens is 178 g/mol. The summed E-state index contributed by atoms with van der Waals surface area (Å²) >= 11 is 0. The van der Waals surface area contributed by atoms with Gasteiger partial charge >= 0.3 is 0 Å². The molecule has 0 spiro atoms. The first-order chi connectivity index (χ1) is 6.63. The summed E-state index contributed by atoms with van der Waals surface area (Å²) < 4.78 is 5.29. The Labute approximate surface area is 86.4 Å². The van der Waals surface area contributed by atoms with Gasteiger partial charge in [0.15, 0.2) is 0 Å². The molecule has 0 radical (unpaired) electrons. The van der Waals surface area contributed by atoms with Crippen molar-refractivity contribution in [2.24, 2.45) is 5.41 Å². The van der Waals surface area contributed by atoms with Crippen LogP contribution >= 0.6 is 0 Å². The number of likely N-dealkylation sites (tertiary alicyclic amines) is 1. The molecule has 1 rings (SSSR count). The topological polar surface area (TPSA) is 29.5 Å². The molecule has 14 heavy (non-hydrogen) atoms. The number of carbonyl (C=O) groups is 1. The summed E-state index contributed by atoms with van der Waals surface area (Å²) in [6.45, 7) is 6.99. The maximum atomic E-state index is 10.9. The Balaban J connectivity index is 2.41. The fraction of sp³-hybridized carbons (Fsp3) is 0.909. The number of aldehydes is 1. The van der Waals surface area contributed by atoms with Gasteiger partial charge in [-0.3, -0.25) is 4.90 Å². The van der Waals surface area contributed by atoms with Crippen LogP contribution in [-0.4, -0.2) is 44.0 Å². The van der Waals surface area contributed by atoms with Crippen molar-refractivity contribution in [3.05, 3.63) is 0 Å². The lowest BCUT2D eigenvalue weighted by atomic mass is 9.89. The van der Waals surface area contributed by atoms with E-state index in [1.807, 2.05) is 6.92 Å². The molecular formula is C11H21NO2. The van der Waals surface area contributed by atoms with E-state index in [9.17, 15) is 4.79 Å². The molecule has 1 saturated heterocycles. The van der Waals surface area contributed by atoms with Crippen LogP contribution < -0.4 is 0 Å². The van der Waals surface area contributed by atoms with Crippen LogP contribution in [0.15, 0.2) is 0 Å². The van der Waals surface area contributed by atoms with Crippen molar-refractivity contribution < 1.29 is 9.53 Å². The number of rotatable bonds is 5. The molecule has 1 aliphatic heterocycles. The molecule has 0 bridgehead atoms. The second kappa shape index (κ2) is 4.89. The van der Waals surface area contributed by atoms with E-state index in [1.165, 1.54) is 0 Å². The van der Waals surface area contributed by atoms with Gasteiger partial charge in [-0.05, 0) is 12.8 Å². The lowest BCUT2D eigenvalue weighted by Crippen LogP contribution is -2.36. The normalized spacial score (nSPS) is 27.5. The third-order valence-electron chi connectivity index (χ3n) is 3.24. The third kappa shape index (κ3) is 2.79. The average molecular weight is 199 g/mol. The van der Waals surface area contributed by atoms with Crippen molar-refractivity contribution in [2.75, 3.05) is 26.7 Å². The number of methoxy groups -OCH3 is 1. The van der Waals surface area contributed by atoms with Crippen molar-refractivity contribution in [2.45, 2.75) is 32.8 Å². The van der Waals surface area contributed by atoms with Crippen LogP contribution in [0.4, 0.5) is 0 Å². The van der Waals surface area contributed by atoms with Crippen LogP contribution in [0.2, 0.25) is 0 Å². The number of ether oxygens (including phenoxy) is 1. The Hall–Kier alpha value is -0.410. The second-order valence-corrected chi connectivity index (χ2v) is 4.51. The Morgan fingerprint density at radius 1 is 1.64 bits per heavy atom. The molecule has 0 amide bonds. The number of hydrogen-bond acceptors (Lipinski definition) is 3. The predicted octanol–water partition coefficient (Wildman–Crippen LogP) is 1.32. The van der Waals surface area contributed by atoms with Crippen LogP contribution in [0.25, 0.3) is 0 Å². The molecule has 3 heteroatoms. The molecule has 1 heterocycles. The fourth-order valence-corrected chi connectivity index (χ4v) is 1.88. The summed E-state index contributed by atoms with van der Waals surface area (Å²) in [7, 11) is 1.76. The van der Waals surface area contributed by atoms with Gasteiger partial charge in [0.2, 0.25) is 0 Å². The van der Waals surface area contributed by atoms with E-state index in [2.05, 4.69) is 11.8 Å². The Morgan fingerprint density at radius 3 is 2.79 bits per heavy atom. The lowest BCUT2D eigenvalue weighted by molar-refractivity contribution is -0.116. The highest BCUT2D eigenvalue weighted by atomic mass is 16.5. The van der Waals surface area contributed by atoms with Crippen LogP contribution in [0.3, 0.4) is 0 Å². The van der Waals surface area contributed by atoms with Gasteiger partial charge in [-0.15, -0.1) is 0 Å². The first-order valence-electron chi connectivity index (χ1n) is 5.35. The molecule has 2 unspecified atom stereocenters. The summed E-state index contributed by atoms with van der Waals surface area (Å²) in [5.41, 5.74) is -0.178. The van der Waals surface area contributed by atoms with Crippen molar-refractivity contribution in [1.82, 2.24) is 4.90 Å². The standard InChI is InChI=1S/C11H21NO2/c1-4-11(2,9-13)8-12-6-5-10(7-12)14-3/h9-10H,4-8H2,1-3H3. The molecule has 0 aromatic carbocycles. The van der Waals surface area contributed by atoms with E-state index in [-0.39, 0.29) is 5.41 Å². The van der Waals surface area contributed by atoms with Crippen LogP contribution in [0, 0.1) is 5.41 Å². The minimum absolute atomic E-state index is 0.178. The molecule has 0 aromatic heterocycles. The quantitative estimate of drug-likeness (QED) is 0.625. The van der Waals surface area contributed by atoms with E-state index in [4.69, 9.17) is 4.74 Å².